The van der Waals surface area contributed by atoms with E-state index in [1.165, 1.54) is 70.6 Å². The standard InChI is InChI=1S/C63H104O6/c1-4-7-10-13-15-17-19-21-23-25-27-29-30-31-32-34-35-37-39-41-43-45-47-50-53-56-62(65)68-59-60(58-67-61(64)55-52-49-12-9-6-3)69-63(66)57-54-51-48-46-44-42-40-38-36-33-28-26-24-22-20-18-16-14-11-8-5-2/h7-8,10-11,15-18,21-24,27-29,33,38,40,60H,4-6,9,12-14,19-20,25-26,30-32,34-37,39,41-59H2,1-3H3/b10-7-,11-8-,17-15-,18-16-,23-21-,24-22-,29-27-,33-28-,40-38-. The molecule has 0 saturated heterocycles. The molecule has 6 nitrogen and oxygen atoms in total. The third kappa shape index (κ3) is 54.9. The van der Waals surface area contributed by atoms with Crippen LogP contribution in [-0.2, 0) is 28.6 Å². The van der Waals surface area contributed by atoms with Gasteiger partial charge in [0.05, 0.1) is 0 Å². The molecule has 0 amide bonds. The maximum Gasteiger partial charge on any atom is 0.306 e. The number of unbranched alkanes of at least 4 members (excludes halogenated alkanes) is 21. The first kappa shape index (κ1) is 65.1. The summed E-state index contributed by atoms with van der Waals surface area (Å²) in [6.07, 6.45) is 76.9. The van der Waals surface area contributed by atoms with Gasteiger partial charge in [0, 0.05) is 19.3 Å². The molecule has 0 aliphatic rings. The van der Waals surface area contributed by atoms with Crippen molar-refractivity contribution in [1.82, 2.24) is 0 Å². The number of hydrogen-bond donors (Lipinski definition) is 0. The molecule has 0 aromatic carbocycles. The molecule has 0 bridgehead atoms. The van der Waals surface area contributed by atoms with E-state index in [9.17, 15) is 14.4 Å². The predicted molar refractivity (Wildman–Crippen MR) is 297 cm³/mol. The van der Waals surface area contributed by atoms with Gasteiger partial charge in [0.1, 0.15) is 13.2 Å². The van der Waals surface area contributed by atoms with E-state index in [-0.39, 0.29) is 31.1 Å². The Hall–Kier alpha value is -3.93. The Morgan fingerprint density at radius 2 is 0.565 bits per heavy atom. The van der Waals surface area contributed by atoms with Crippen molar-refractivity contribution in [2.45, 2.75) is 258 Å². The van der Waals surface area contributed by atoms with Crippen molar-refractivity contribution in [3.05, 3.63) is 109 Å². The largest absolute Gasteiger partial charge is 0.462 e. The van der Waals surface area contributed by atoms with Gasteiger partial charge >= 0.3 is 17.9 Å². The summed E-state index contributed by atoms with van der Waals surface area (Å²) >= 11 is 0. The molecule has 1 unspecified atom stereocenters. The lowest BCUT2D eigenvalue weighted by Gasteiger charge is -2.18. The number of esters is 3. The van der Waals surface area contributed by atoms with Crippen LogP contribution in [-0.4, -0.2) is 37.2 Å². The second-order valence-corrected chi connectivity index (χ2v) is 18.4. The molecule has 0 N–H and O–H groups in total. The summed E-state index contributed by atoms with van der Waals surface area (Å²) in [7, 11) is 0. The fourth-order valence-corrected chi connectivity index (χ4v) is 7.58. The predicted octanol–water partition coefficient (Wildman–Crippen LogP) is 19.1. The molecule has 0 aliphatic carbocycles. The minimum atomic E-state index is -0.787. The summed E-state index contributed by atoms with van der Waals surface area (Å²) in [6.45, 7) is 6.31. The third-order valence-electron chi connectivity index (χ3n) is 11.8. The number of rotatable bonds is 50. The fraction of sp³-hybridized carbons (Fsp3) is 0.667. The highest BCUT2D eigenvalue weighted by Crippen LogP contribution is 2.15. The maximum atomic E-state index is 12.8. The SMILES string of the molecule is CC/C=C\C/C=C\C/C=C\C/C=C\C/C=C\CCCCCCCC(=O)OC(COC(=O)CCCCCCC)COC(=O)CCCCCCCCCCCCCC/C=C\C/C=C\C/C=C\C/C=C\CC. The van der Waals surface area contributed by atoms with E-state index in [4.69, 9.17) is 14.2 Å². The molecule has 6 heteroatoms. The average Bonchev–Trinajstić information content (AvgIpc) is 3.35. The van der Waals surface area contributed by atoms with Crippen molar-refractivity contribution in [1.29, 1.82) is 0 Å². The topological polar surface area (TPSA) is 78.9 Å². The number of ether oxygens (including phenoxy) is 3. The van der Waals surface area contributed by atoms with Crippen LogP contribution in [0.1, 0.15) is 252 Å². The van der Waals surface area contributed by atoms with Crippen molar-refractivity contribution in [3.63, 3.8) is 0 Å². The third-order valence-corrected chi connectivity index (χ3v) is 11.8. The van der Waals surface area contributed by atoms with E-state index >= 15 is 0 Å². The lowest BCUT2D eigenvalue weighted by molar-refractivity contribution is -0.167. The first-order chi connectivity index (χ1) is 34.0. The molecule has 392 valence electrons. The Morgan fingerprint density at radius 3 is 0.884 bits per heavy atom. The van der Waals surface area contributed by atoms with Crippen LogP contribution in [0, 0.1) is 0 Å². The van der Waals surface area contributed by atoms with Crippen molar-refractivity contribution in [3.8, 4) is 0 Å². The molecular weight excluding hydrogens is 853 g/mol. The zero-order chi connectivity index (χ0) is 50.0. The zero-order valence-corrected chi connectivity index (χ0v) is 44.8. The van der Waals surface area contributed by atoms with Gasteiger partial charge in [0.25, 0.3) is 0 Å². The van der Waals surface area contributed by atoms with Gasteiger partial charge in [-0.3, -0.25) is 14.4 Å². The van der Waals surface area contributed by atoms with Crippen LogP contribution in [0.25, 0.3) is 0 Å². The molecule has 0 saturated carbocycles. The zero-order valence-electron chi connectivity index (χ0n) is 44.8. The first-order valence-electron chi connectivity index (χ1n) is 28.4. The summed E-state index contributed by atoms with van der Waals surface area (Å²) in [5.74, 6) is -0.923. The molecule has 0 radical (unpaired) electrons. The van der Waals surface area contributed by atoms with Gasteiger partial charge in [-0.25, -0.2) is 0 Å². The van der Waals surface area contributed by atoms with E-state index in [1.54, 1.807) is 0 Å². The fourth-order valence-electron chi connectivity index (χ4n) is 7.58. The van der Waals surface area contributed by atoms with Crippen molar-refractivity contribution >= 4 is 17.9 Å². The minimum Gasteiger partial charge on any atom is -0.462 e. The summed E-state index contributed by atoms with van der Waals surface area (Å²) in [6, 6.07) is 0. The van der Waals surface area contributed by atoms with Crippen molar-refractivity contribution in [2.24, 2.45) is 0 Å². The Kier molecular flexibility index (Phi) is 53.4. The van der Waals surface area contributed by atoms with Crippen LogP contribution in [0.2, 0.25) is 0 Å². The highest BCUT2D eigenvalue weighted by atomic mass is 16.6. The van der Waals surface area contributed by atoms with E-state index < -0.39 is 6.10 Å². The number of hydrogen-bond acceptors (Lipinski definition) is 6. The van der Waals surface area contributed by atoms with Gasteiger partial charge in [-0.05, 0) is 103 Å². The second-order valence-electron chi connectivity index (χ2n) is 18.4. The van der Waals surface area contributed by atoms with Gasteiger partial charge in [-0.1, -0.05) is 239 Å². The summed E-state index contributed by atoms with van der Waals surface area (Å²) in [4.78, 5) is 37.8. The molecule has 69 heavy (non-hydrogen) atoms. The van der Waals surface area contributed by atoms with Crippen LogP contribution >= 0.6 is 0 Å². The van der Waals surface area contributed by atoms with Gasteiger partial charge < -0.3 is 14.2 Å². The smallest absolute Gasteiger partial charge is 0.306 e. The molecule has 0 fully saturated rings. The minimum absolute atomic E-state index is 0.0879. The Labute approximate surface area is 425 Å². The second kappa shape index (κ2) is 56.7. The number of allylic oxidation sites excluding steroid dienone is 18. The summed E-state index contributed by atoms with van der Waals surface area (Å²) in [5, 5.41) is 0. The molecule has 0 heterocycles. The van der Waals surface area contributed by atoms with Crippen LogP contribution in [0.5, 0.6) is 0 Å². The maximum absolute atomic E-state index is 12.8. The van der Waals surface area contributed by atoms with Gasteiger partial charge in [0.2, 0.25) is 0 Å². The molecule has 1 atom stereocenters. The Balaban J connectivity index is 4.14. The van der Waals surface area contributed by atoms with Crippen molar-refractivity contribution < 1.29 is 28.6 Å². The highest BCUT2D eigenvalue weighted by Gasteiger charge is 2.19. The number of carbonyl (C=O) groups is 3. The van der Waals surface area contributed by atoms with Gasteiger partial charge in [-0.2, -0.15) is 0 Å². The summed E-state index contributed by atoms with van der Waals surface area (Å²) in [5.41, 5.74) is 0. The molecule has 0 aliphatic heterocycles. The van der Waals surface area contributed by atoms with Gasteiger partial charge in [-0.15, -0.1) is 0 Å². The van der Waals surface area contributed by atoms with Crippen LogP contribution < -0.4 is 0 Å². The normalized spacial score (nSPS) is 12.9. The van der Waals surface area contributed by atoms with E-state index in [0.717, 1.165) is 141 Å². The van der Waals surface area contributed by atoms with Crippen LogP contribution in [0.4, 0.5) is 0 Å². The van der Waals surface area contributed by atoms with E-state index in [0.29, 0.717) is 19.3 Å². The van der Waals surface area contributed by atoms with E-state index in [2.05, 4.69) is 130 Å². The molecule has 0 rings (SSSR count). The molecule has 0 aromatic heterocycles. The lowest BCUT2D eigenvalue weighted by atomic mass is 10.0. The lowest BCUT2D eigenvalue weighted by Crippen LogP contribution is -2.30. The summed E-state index contributed by atoms with van der Waals surface area (Å²) < 4.78 is 16.7. The Bertz CT molecular complexity index is 1420. The molecular formula is C63H104O6. The first-order valence-corrected chi connectivity index (χ1v) is 28.4. The van der Waals surface area contributed by atoms with Crippen molar-refractivity contribution in [2.75, 3.05) is 13.2 Å². The van der Waals surface area contributed by atoms with Crippen LogP contribution in [0.3, 0.4) is 0 Å². The molecule has 0 spiro atoms. The quantitative estimate of drug-likeness (QED) is 0.0262. The van der Waals surface area contributed by atoms with E-state index in [1.807, 2.05) is 0 Å². The highest BCUT2D eigenvalue weighted by molar-refractivity contribution is 5.71. The number of carbonyl (C=O) groups excluding carboxylic acids is 3. The average molecular weight is 958 g/mol. The van der Waals surface area contributed by atoms with Crippen LogP contribution in [0.15, 0.2) is 109 Å². The monoisotopic (exact) mass is 957 g/mol. The van der Waals surface area contributed by atoms with Gasteiger partial charge in [0.15, 0.2) is 6.10 Å². The molecule has 0 aromatic rings. The Morgan fingerprint density at radius 1 is 0.304 bits per heavy atom.